The average Bonchev–Trinajstić information content (AvgIpc) is 3.42. The number of allylic oxidation sites excluding steroid dienone is 2. The molecular formula is C62H119NO13. The van der Waals surface area contributed by atoms with Crippen molar-refractivity contribution in [1.29, 1.82) is 0 Å². The number of carbonyl (C=O) groups is 1. The highest BCUT2D eigenvalue weighted by molar-refractivity contribution is 5.76. The smallest absolute Gasteiger partial charge is 0.220 e. The summed E-state index contributed by atoms with van der Waals surface area (Å²) in [6.07, 6.45) is 39.3. The van der Waals surface area contributed by atoms with Gasteiger partial charge in [0.2, 0.25) is 5.91 Å². The summed E-state index contributed by atoms with van der Waals surface area (Å²) in [5.41, 5.74) is 0. The molecule has 14 heteroatoms. The molecule has 450 valence electrons. The van der Waals surface area contributed by atoms with Crippen molar-refractivity contribution in [3.05, 3.63) is 12.2 Å². The Labute approximate surface area is 463 Å². The number of aliphatic hydroxyl groups excluding tert-OH is 8. The first-order valence-corrected chi connectivity index (χ1v) is 31.9. The Balaban J connectivity index is 1.70. The normalized spacial score (nSPS) is 24.9. The zero-order valence-electron chi connectivity index (χ0n) is 48.5. The largest absolute Gasteiger partial charge is 0.394 e. The third kappa shape index (κ3) is 33.5. The van der Waals surface area contributed by atoms with Crippen molar-refractivity contribution in [3.8, 4) is 0 Å². The maximum absolute atomic E-state index is 13.3. The molecule has 76 heavy (non-hydrogen) atoms. The van der Waals surface area contributed by atoms with Crippen LogP contribution < -0.4 is 5.32 Å². The Morgan fingerprint density at radius 1 is 0.461 bits per heavy atom. The van der Waals surface area contributed by atoms with Crippen LogP contribution in [0.15, 0.2) is 12.2 Å². The molecule has 0 aromatic carbocycles. The summed E-state index contributed by atoms with van der Waals surface area (Å²) in [6, 6.07) is -0.825. The molecule has 2 heterocycles. The van der Waals surface area contributed by atoms with E-state index in [0.29, 0.717) is 12.8 Å². The fraction of sp³-hybridized carbons (Fsp3) is 0.952. The molecule has 0 aromatic rings. The van der Waals surface area contributed by atoms with Gasteiger partial charge in [-0.25, -0.2) is 0 Å². The van der Waals surface area contributed by atoms with Gasteiger partial charge in [-0.05, 0) is 38.5 Å². The van der Waals surface area contributed by atoms with E-state index in [1.54, 1.807) is 0 Å². The van der Waals surface area contributed by atoms with Crippen LogP contribution in [-0.2, 0) is 23.7 Å². The first-order valence-electron chi connectivity index (χ1n) is 31.9. The number of nitrogens with one attached hydrogen (secondary N) is 1. The van der Waals surface area contributed by atoms with Crippen LogP contribution in [0.25, 0.3) is 0 Å². The van der Waals surface area contributed by atoms with Crippen LogP contribution >= 0.6 is 0 Å². The molecule has 2 rings (SSSR count). The van der Waals surface area contributed by atoms with Crippen molar-refractivity contribution in [2.24, 2.45) is 0 Å². The summed E-state index contributed by atoms with van der Waals surface area (Å²) in [4.78, 5) is 13.3. The van der Waals surface area contributed by atoms with Gasteiger partial charge in [-0.2, -0.15) is 0 Å². The number of ether oxygens (including phenoxy) is 4. The molecule has 0 bridgehead atoms. The third-order valence-corrected chi connectivity index (χ3v) is 16.0. The molecule has 2 saturated heterocycles. The van der Waals surface area contributed by atoms with E-state index in [4.69, 9.17) is 18.9 Å². The van der Waals surface area contributed by atoms with Gasteiger partial charge in [0.05, 0.1) is 32.0 Å². The molecule has 0 aliphatic carbocycles. The van der Waals surface area contributed by atoms with Crippen molar-refractivity contribution in [2.75, 3.05) is 19.8 Å². The molecule has 2 fully saturated rings. The zero-order chi connectivity index (χ0) is 55.3. The lowest BCUT2D eigenvalue weighted by atomic mass is 9.97. The lowest BCUT2D eigenvalue weighted by molar-refractivity contribution is -0.359. The standard InChI is InChI=1S/C62H119NO13/c1-3-5-7-9-11-13-15-17-19-21-22-23-24-25-26-27-28-30-32-34-36-38-40-42-44-46-54(67)63-50(51(66)45-43-41-39-37-35-33-31-29-20-18-16-14-12-10-8-6-4-2)49-73-61-59(72)57(70)60(53(48-65)75-61)76-62-58(71)56(69)55(68)52(47-64)74-62/h21-22,50-53,55-62,64-66,68-72H,3-20,23-49H2,1-2H3,(H,63,67)/b22-21-. The molecular weight excluding hydrogens is 967 g/mol. The van der Waals surface area contributed by atoms with Gasteiger partial charge in [-0.15, -0.1) is 0 Å². The van der Waals surface area contributed by atoms with E-state index in [0.717, 1.165) is 51.4 Å². The molecule has 12 unspecified atom stereocenters. The van der Waals surface area contributed by atoms with Crippen LogP contribution in [-0.4, -0.2) is 140 Å². The second kappa shape index (κ2) is 48.4. The molecule has 0 aromatic heterocycles. The molecule has 0 radical (unpaired) electrons. The van der Waals surface area contributed by atoms with E-state index >= 15 is 0 Å². The third-order valence-electron chi connectivity index (χ3n) is 16.0. The predicted octanol–water partition coefficient (Wildman–Crippen LogP) is 11.5. The first kappa shape index (κ1) is 70.8. The summed E-state index contributed by atoms with van der Waals surface area (Å²) in [6.45, 7) is 2.90. The van der Waals surface area contributed by atoms with Crippen molar-refractivity contribution < 1.29 is 64.6 Å². The van der Waals surface area contributed by atoms with Crippen molar-refractivity contribution >= 4 is 5.91 Å². The van der Waals surface area contributed by atoms with E-state index in [9.17, 15) is 45.6 Å². The van der Waals surface area contributed by atoms with Gasteiger partial charge >= 0.3 is 0 Å². The summed E-state index contributed by atoms with van der Waals surface area (Å²) >= 11 is 0. The topological polar surface area (TPSA) is 228 Å². The fourth-order valence-electron chi connectivity index (χ4n) is 10.8. The lowest BCUT2D eigenvalue weighted by Gasteiger charge is -2.46. The van der Waals surface area contributed by atoms with Crippen molar-refractivity contribution in [3.63, 3.8) is 0 Å². The van der Waals surface area contributed by atoms with E-state index in [1.165, 1.54) is 205 Å². The van der Waals surface area contributed by atoms with E-state index in [-0.39, 0.29) is 12.5 Å². The zero-order valence-corrected chi connectivity index (χ0v) is 48.5. The van der Waals surface area contributed by atoms with Gasteiger partial charge < -0.3 is 65.1 Å². The summed E-state index contributed by atoms with van der Waals surface area (Å²) in [5, 5.41) is 87.4. The van der Waals surface area contributed by atoms with Gasteiger partial charge in [0, 0.05) is 6.42 Å². The molecule has 2 aliphatic heterocycles. The van der Waals surface area contributed by atoms with E-state index < -0.39 is 86.8 Å². The van der Waals surface area contributed by atoms with Crippen LogP contribution in [0.2, 0.25) is 0 Å². The van der Waals surface area contributed by atoms with Gasteiger partial charge in [-0.3, -0.25) is 4.79 Å². The number of hydrogen-bond donors (Lipinski definition) is 9. The molecule has 9 N–H and O–H groups in total. The fourth-order valence-corrected chi connectivity index (χ4v) is 10.8. The summed E-state index contributed by atoms with van der Waals surface area (Å²) in [7, 11) is 0. The highest BCUT2D eigenvalue weighted by Gasteiger charge is 2.51. The highest BCUT2D eigenvalue weighted by atomic mass is 16.7. The Morgan fingerprint density at radius 2 is 0.829 bits per heavy atom. The molecule has 1 amide bonds. The SMILES string of the molecule is CCCCCCCCCC/C=C\CCCCCCCCCCCCCCCC(=O)NC(COC1OC(CO)C(OC2OC(CO)C(O)C(O)C2O)C(O)C1O)C(O)CCCCCCCCCCCCCCCCCCC. The number of carbonyl (C=O) groups excluding carboxylic acids is 1. The number of rotatable bonds is 52. The van der Waals surface area contributed by atoms with Crippen molar-refractivity contribution in [2.45, 2.75) is 357 Å². The minimum Gasteiger partial charge on any atom is -0.394 e. The second-order valence-corrected chi connectivity index (χ2v) is 22.9. The number of unbranched alkanes of at least 4 members (excludes halogenated alkanes) is 37. The lowest BCUT2D eigenvalue weighted by Crippen LogP contribution is -2.65. The second-order valence-electron chi connectivity index (χ2n) is 22.9. The van der Waals surface area contributed by atoms with Crippen LogP contribution in [0.3, 0.4) is 0 Å². The Bertz CT molecular complexity index is 1330. The summed E-state index contributed by atoms with van der Waals surface area (Å²) in [5.74, 6) is -0.202. The van der Waals surface area contributed by atoms with Crippen LogP contribution in [0, 0.1) is 0 Å². The molecule has 0 saturated carbocycles. The highest BCUT2D eigenvalue weighted by Crippen LogP contribution is 2.30. The Kier molecular flexibility index (Phi) is 45.1. The average molecular weight is 1090 g/mol. The molecule has 2 aliphatic rings. The first-order chi connectivity index (χ1) is 37.1. The van der Waals surface area contributed by atoms with Crippen LogP contribution in [0.4, 0.5) is 0 Å². The minimum absolute atomic E-state index is 0.202. The van der Waals surface area contributed by atoms with Crippen LogP contribution in [0.1, 0.15) is 284 Å². The summed E-state index contributed by atoms with van der Waals surface area (Å²) < 4.78 is 22.9. The number of aliphatic hydroxyl groups is 8. The predicted molar refractivity (Wildman–Crippen MR) is 305 cm³/mol. The Morgan fingerprint density at radius 3 is 1.25 bits per heavy atom. The van der Waals surface area contributed by atoms with Gasteiger partial charge in [0.15, 0.2) is 12.6 Å². The Hall–Kier alpha value is -1.27. The molecule has 14 nitrogen and oxygen atoms in total. The van der Waals surface area contributed by atoms with Gasteiger partial charge in [0.25, 0.3) is 0 Å². The molecule has 12 atom stereocenters. The minimum atomic E-state index is -1.78. The quantitative estimate of drug-likeness (QED) is 0.0204. The van der Waals surface area contributed by atoms with E-state index in [1.807, 2.05) is 0 Å². The molecule has 0 spiro atoms. The van der Waals surface area contributed by atoms with Gasteiger partial charge in [-0.1, -0.05) is 251 Å². The van der Waals surface area contributed by atoms with Crippen molar-refractivity contribution in [1.82, 2.24) is 5.32 Å². The number of hydrogen-bond acceptors (Lipinski definition) is 13. The van der Waals surface area contributed by atoms with E-state index in [2.05, 4.69) is 31.3 Å². The van der Waals surface area contributed by atoms with Crippen LogP contribution in [0.5, 0.6) is 0 Å². The number of amides is 1. The van der Waals surface area contributed by atoms with Gasteiger partial charge in [0.1, 0.15) is 48.8 Å². The maximum atomic E-state index is 13.3. The monoisotopic (exact) mass is 1090 g/mol. The maximum Gasteiger partial charge on any atom is 0.220 e.